The lowest BCUT2D eigenvalue weighted by molar-refractivity contribution is 0.0914. The Bertz CT molecular complexity index is 635. The molecule has 21 heavy (non-hydrogen) atoms. The standard InChI is InChI=1S/C15H17FN4O/c1-15(2,3)20-14(21)12-8-13(18-9-17-12)19-11-6-4-10(16)5-7-11/h4-9H,1-3H3,(H,20,21)(H,17,18,19). The molecule has 1 amide bonds. The molecule has 1 aromatic heterocycles. The van der Waals surface area contributed by atoms with Crippen molar-refractivity contribution in [2.75, 3.05) is 5.32 Å². The van der Waals surface area contributed by atoms with E-state index in [2.05, 4.69) is 20.6 Å². The van der Waals surface area contributed by atoms with Crippen molar-refractivity contribution in [1.82, 2.24) is 15.3 Å². The van der Waals surface area contributed by atoms with Crippen molar-refractivity contribution in [2.24, 2.45) is 0 Å². The van der Waals surface area contributed by atoms with Gasteiger partial charge in [0.1, 0.15) is 23.7 Å². The molecular formula is C15H17FN4O. The van der Waals surface area contributed by atoms with Crippen LogP contribution in [0.1, 0.15) is 31.3 Å². The van der Waals surface area contributed by atoms with Crippen LogP contribution in [0.4, 0.5) is 15.9 Å². The summed E-state index contributed by atoms with van der Waals surface area (Å²) in [5.74, 6) is -0.115. The summed E-state index contributed by atoms with van der Waals surface area (Å²) in [4.78, 5) is 20.0. The quantitative estimate of drug-likeness (QED) is 0.911. The molecule has 2 aromatic rings. The van der Waals surface area contributed by atoms with Gasteiger partial charge in [-0.15, -0.1) is 0 Å². The van der Waals surface area contributed by atoms with Crippen LogP contribution in [-0.2, 0) is 0 Å². The molecule has 0 spiro atoms. The van der Waals surface area contributed by atoms with Crippen LogP contribution in [0.15, 0.2) is 36.7 Å². The zero-order valence-corrected chi connectivity index (χ0v) is 12.1. The van der Waals surface area contributed by atoms with E-state index in [1.807, 2.05) is 20.8 Å². The molecule has 0 radical (unpaired) electrons. The van der Waals surface area contributed by atoms with Gasteiger partial charge in [0.2, 0.25) is 0 Å². The summed E-state index contributed by atoms with van der Waals surface area (Å²) in [5, 5.41) is 5.82. The second-order valence-corrected chi connectivity index (χ2v) is 5.62. The molecule has 0 unspecified atom stereocenters. The van der Waals surface area contributed by atoms with Crippen molar-refractivity contribution in [3.63, 3.8) is 0 Å². The van der Waals surface area contributed by atoms with E-state index in [0.29, 0.717) is 11.5 Å². The predicted octanol–water partition coefficient (Wildman–Crippen LogP) is 2.89. The molecule has 0 saturated carbocycles. The maximum atomic E-state index is 12.8. The Morgan fingerprint density at radius 3 is 2.43 bits per heavy atom. The van der Waals surface area contributed by atoms with Crippen molar-refractivity contribution in [2.45, 2.75) is 26.3 Å². The van der Waals surface area contributed by atoms with Crippen molar-refractivity contribution in [3.05, 3.63) is 48.2 Å². The van der Waals surface area contributed by atoms with Gasteiger partial charge in [-0.3, -0.25) is 4.79 Å². The number of benzene rings is 1. The minimum absolute atomic E-state index is 0.268. The van der Waals surface area contributed by atoms with Gasteiger partial charge in [-0.05, 0) is 45.0 Å². The second kappa shape index (κ2) is 5.87. The van der Waals surface area contributed by atoms with Gasteiger partial charge < -0.3 is 10.6 Å². The van der Waals surface area contributed by atoms with Crippen LogP contribution in [0.3, 0.4) is 0 Å². The Morgan fingerprint density at radius 1 is 1.14 bits per heavy atom. The molecule has 2 rings (SSSR count). The Kier molecular flexibility index (Phi) is 4.16. The van der Waals surface area contributed by atoms with Gasteiger partial charge in [-0.25, -0.2) is 14.4 Å². The van der Waals surface area contributed by atoms with Crippen molar-refractivity contribution in [3.8, 4) is 0 Å². The van der Waals surface area contributed by atoms with E-state index in [1.165, 1.54) is 18.5 Å². The van der Waals surface area contributed by atoms with Gasteiger partial charge in [0.05, 0.1) is 0 Å². The van der Waals surface area contributed by atoms with Gasteiger partial charge in [0.25, 0.3) is 5.91 Å². The molecule has 110 valence electrons. The van der Waals surface area contributed by atoms with Crippen molar-refractivity contribution < 1.29 is 9.18 Å². The summed E-state index contributed by atoms with van der Waals surface area (Å²) in [6, 6.07) is 7.41. The van der Waals surface area contributed by atoms with Gasteiger partial charge >= 0.3 is 0 Å². The fraction of sp³-hybridized carbons (Fsp3) is 0.267. The third-order valence-corrected chi connectivity index (χ3v) is 2.50. The highest BCUT2D eigenvalue weighted by Gasteiger charge is 2.16. The van der Waals surface area contributed by atoms with Crippen LogP contribution in [0, 0.1) is 5.82 Å². The van der Waals surface area contributed by atoms with Crippen LogP contribution in [-0.4, -0.2) is 21.4 Å². The fourth-order valence-corrected chi connectivity index (χ4v) is 1.64. The van der Waals surface area contributed by atoms with Gasteiger partial charge in [-0.1, -0.05) is 0 Å². The molecule has 5 nitrogen and oxygen atoms in total. The van der Waals surface area contributed by atoms with Crippen LogP contribution >= 0.6 is 0 Å². The number of rotatable bonds is 3. The first-order valence-corrected chi connectivity index (χ1v) is 6.51. The molecule has 0 aliphatic carbocycles. The largest absolute Gasteiger partial charge is 0.346 e. The summed E-state index contributed by atoms with van der Waals surface area (Å²) < 4.78 is 12.8. The first-order chi connectivity index (χ1) is 9.83. The fourth-order valence-electron chi connectivity index (χ4n) is 1.64. The molecule has 0 aliphatic rings. The number of nitrogens with zero attached hydrogens (tertiary/aromatic N) is 2. The molecule has 0 saturated heterocycles. The average Bonchev–Trinajstić information content (AvgIpc) is 2.40. The normalized spacial score (nSPS) is 11.0. The highest BCUT2D eigenvalue weighted by atomic mass is 19.1. The highest BCUT2D eigenvalue weighted by molar-refractivity contribution is 5.93. The minimum atomic E-state index is -0.341. The molecule has 0 bridgehead atoms. The monoisotopic (exact) mass is 288 g/mol. The molecule has 2 N–H and O–H groups in total. The number of nitrogens with one attached hydrogen (secondary N) is 2. The topological polar surface area (TPSA) is 66.9 Å². The smallest absolute Gasteiger partial charge is 0.270 e. The van der Waals surface area contributed by atoms with Crippen molar-refractivity contribution in [1.29, 1.82) is 0 Å². The van der Waals surface area contributed by atoms with Crippen LogP contribution in [0.25, 0.3) is 0 Å². The zero-order valence-electron chi connectivity index (χ0n) is 12.1. The maximum absolute atomic E-state index is 12.8. The maximum Gasteiger partial charge on any atom is 0.270 e. The summed E-state index contributed by atoms with van der Waals surface area (Å²) in [5.41, 5.74) is 0.605. The van der Waals surface area contributed by atoms with Crippen LogP contribution in [0.5, 0.6) is 0 Å². The molecule has 6 heteroatoms. The van der Waals surface area contributed by atoms with E-state index >= 15 is 0 Å². The van der Waals surface area contributed by atoms with E-state index in [4.69, 9.17) is 0 Å². The summed E-state index contributed by atoms with van der Waals surface area (Å²) in [6.45, 7) is 5.68. The number of aromatic nitrogens is 2. The number of carbonyl (C=O) groups excluding carboxylic acids is 1. The Labute approximate surface area is 122 Å². The lowest BCUT2D eigenvalue weighted by atomic mass is 10.1. The van der Waals surface area contributed by atoms with E-state index in [9.17, 15) is 9.18 Å². The Balaban J connectivity index is 2.14. The number of hydrogen-bond donors (Lipinski definition) is 2. The summed E-state index contributed by atoms with van der Waals surface area (Å²) in [7, 11) is 0. The first-order valence-electron chi connectivity index (χ1n) is 6.51. The third kappa shape index (κ3) is 4.52. The predicted molar refractivity (Wildman–Crippen MR) is 78.9 cm³/mol. The summed E-state index contributed by atoms with van der Waals surface area (Å²) in [6.07, 6.45) is 1.31. The number of amides is 1. The lowest BCUT2D eigenvalue weighted by Crippen LogP contribution is -2.40. The number of halogens is 1. The number of hydrogen-bond acceptors (Lipinski definition) is 4. The minimum Gasteiger partial charge on any atom is -0.346 e. The van der Waals surface area contributed by atoms with E-state index in [0.717, 1.165) is 0 Å². The number of carbonyl (C=O) groups is 1. The first kappa shape index (κ1) is 14.9. The summed E-state index contributed by atoms with van der Waals surface area (Å²) >= 11 is 0. The molecule has 0 aliphatic heterocycles. The molecule has 1 heterocycles. The van der Waals surface area contributed by atoms with Gasteiger partial charge in [-0.2, -0.15) is 0 Å². The molecule has 0 fully saturated rings. The Hall–Kier alpha value is -2.50. The second-order valence-electron chi connectivity index (χ2n) is 5.62. The molecule has 0 atom stereocenters. The van der Waals surface area contributed by atoms with Crippen LogP contribution < -0.4 is 10.6 Å². The zero-order chi connectivity index (χ0) is 15.5. The number of anilines is 2. The molecule has 1 aromatic carbocycles. The highest BCUT2D eigenvalue weighted by Crippen LogP contribution is 2.15. The average molecular weight is 288 g/mol. The Morgan fingerprint density at radius 2 is 1.81 bits per heavy atom. The molecular weight excluding hydrogens is 271 g/mol. The van der Waals surface area contributed by atoms with Crippen molar-refractivity contribution >= 4 is 17.4 Å². The van der Waals surface area contributed by atoms with E-state index in [-0.39, 0.29) is 23.0 Å². The van der Waals surface area contributed by atoms with Gasteiger partial charge in [0, 0.05) is 17.3 Å². The third-order valence-electron chi connectivity index (χ3n) is 2.50. The lowest BCUT2D eigenvalue weighted by Gasteiger charge is -2.20. The van der Waals surface area contributed by atoms with E-state index < -0.39 is 0 Å². The van der Waals surface area contributed by atoms with Crippen LogP contribution in [0.2, 0.25) is 0 Å². The van der Waals surface area contributed by atoms with Gasteiger partial charge in [0.15, 0.2) is 0 Å². The SMILES string of the molecule is CC(C)(C)NC(=O)c1cc(Nc2ccc(F)cc2)ncn1. The van der Waals surface area contributed by atoms with E-state index in [1.54, 1.807) is 18.2 Å².